The number of nitrogens with zero attached hydrogens (tertiary/aromatic N) is 5. The molecule has 3 heterocycles. The highest BCUT2D eigenvalue weighted by Gasteiger charge is 2.25. The highest BCUT2D eigenvalue weighted by Crippen LogP contribution is 2.33. The van der Waals surface area contributed by atoms with Crippen molar-refractivity contribution in [3.05, 3.63) is 108 Å². The van der Waals surface area contributed by atoms with E-state index in [2.05, 4.69) is 44.7 Å². The molecular weight excluding hydrogens is 444 g/mol. The zero-order valence-electron chi connectivity index (χ0n) is 18.3. The number of nitrogens with one attached hydrogen (secondary N) is 1. The van der Waals surface area contributed by atoms with Gasteiger partial charge in [0.05, 0.1) is 24.4 Å². The van der Waals surface area contributed by atoms with Gasteiger partial charge in [-0.15, -0.1) is 10.2 Å². The third kappa shape index (κ3) is 3.64. The third-order valence-corrected chi connectivity index (χ3v) is 6.67. The minimum absolute atomic E-state index is 0.0797. The number of H-pyrrole nitrogens is 1. The summed E-state index contributed by atoms with van der Waals surface area (Å²) < 4.78 is 7.09. The lowest BCUT2D eigenvalue weighted by Crippen LogP contribution is -2.08. The summed E-state index contributed by atoms with van der Waals surface area (Å²) in [4.78, 5) is 0.738. The minimum Gasteiger partial charge on any atom is -0.497 e. The SMILES string of the molecule is COc1ccc(-c2cc(-c3nn4c(C(c5ccccc5)c5ccccc5)nnc4s3)[nH]n2)cc1. The number of hydrogen-bond donors (Lipinski definition) is 1. The molecule has 3 aromatic heterocycles. The Morgan fingerprint density at radius 1 is 0.853 bits per heavy atom. The molecular formula is C26H20N6OS. The topological polar surface area (TPSA) is 81.0 Å². The van der Waals surface area contributed by atoms with E-state index in [0.717, 1.165) is 49.6 Å². The second kappa shape index (κ2) is 8.57. The number of fused-ring (bicyclic) bond motifs is 1. The van der Waals surface area contributed by atoms with Gasteiger partial charge in [0.25, 0.3) is 0 Å². The molecule has 6 rings (SSSR count). The number of benzene rings is 3. The zero-order valence-corrected chi connectivity index (χ0v) is 19.1. The molecule has 7 nitrogen and oxygen atoms in total. The van der Waals surface area contributed by atoms with Crippen molar-refractivity contribution < 1.29 is 4.74 Å². The van der Waals surface area contributed by atoms with Crippen LogP contribution in [0.25, 0.3) is 26.9 Å². The van der Waals surface area contributed by atoms with Gasteiger partial charge < -0.3 is 4.74 Å². The summed E-state index contributed by atoms with van der Waals surface area (Å²) in [6.45, 7) is 0. The van der Waals surface area contributed by atoms with Gasteiger partial charge in [0, 0.05) is 5.56 Å². The van der Waals surface area contributed by atoms with E-state index in [-0.39, 0.29) is 5.92 Å². The van der Waals surface area contributed by atoms with Crippen LogP contribution in [-0.2, 0) is 0 Å². The van der Waals surface area contributed by atoms with Crippen LogP contribution >= 0.6 is 11.3 Å². The quantitative estimate of drug-likeness (QED) is 0.355. The summed E-state index contributed by atoms with van der Waals surface area (Å²) in [5.74, 6) is 1.51. The molecule has 0 bridgehead atoms. The highest BCUT2D eigenvalue weighted by molar-refractivity contribution is 7.19. The van der Waals surface area contributed by atoms with Crippen LogP contribution in [0.4, 0.5) is 0 Å². The van der Waals surface area contributed by atoms with Gasteiger partial charge in [-0.3, -0.25) is 5.10 Å². The Kier molecular flexibility index (Phi) is 5.12. The lowest BCUT2D eigenvalue weighted by Gasteiger charge is -2.15. The standard InChI is InChI=1S/C26H20N6OS/c1-33-20-14-12-17(13-15-20)21-16-22(28-27-21)25-31-32-24(29-30-26(32)34-25)23(18-8-4-2-5-9-18)19-10-6-3-7-11-19/h2-16,23H,1H3,(H,27,28). The Bertz CT molecular complexity index is 1500. The molecule has 1 N–H and O–H groups in total. The summed E-state index contributed by atoms with van der Waals surface area (Å²) in [5.41, 5.74) is 4.96. The smallest absolute Gasteiger partial charge is 0.235 e. The van der Waals surface area contributed by atoms with Gasteiger partial charge >= 0.3 is 0 Å². The first-order valence-corrected chi connectivity index (χ1v) is 11.6. The highest BCUT2D eigenvalue weighted by atomic mass is 32.1. The van der Waals surface area contributed by atoms with E-state index >= 15 is 0 Å². The van der Waals surface area contributed by atoms with Crippen LogP contribution in [0.1, 0.15) is 22.9 Å². The van der Waals surface area contributed by atoms with Crippen LogP contribution in [0.5, 0.6) is 5.75 Å². The first-order valence-electron chi connectivity index (χ1n) is 10.8. The van der Waals surface area contributed by atoms with Crippen molar-refractivity contribution in [1.82, 2.24) is 30.0 Å². The summed E-state index contributed by atoms with van der Waals surface area (Å²) in [6, 6.07) is 30.5. The van der Waals surface area contributed by atoms with Crippen LogP contribution in [0, 0.1) is 0 Å². The molecule has 0 atom stereocenters. The van der Waals surface area contributed by atoms with Gasteiger partial charge in [-0.2, -0.15) is 14.7 Å². The summed E-state index contributed by atoms with van der Waals surface area (Å²) in [6.07, 6.45) is 0. The molecule has 0 aliphatic rings. The number of ether oxygens (including phenoxy) is 1. The van der Waals surface area contributed by atoms with E-state index in [9.17, 15) is 0 Å². The second-order valence-electron chi connectivity index (χ2n) is 7.81. The van der Waals surface area contributed by atoms with Crippen LogP contribution in [-0.4, -0.2) is 37.1 Å². The number of rotatable bonds is 6. The minimum atomic E-state index is -0.0797. The van der Waals surface area contributed by atoms with Crippen molar-refractivity contribution >= 4 is 16.3 Å². The Morgan fingerprint density at radius 3 is 2.18 bits per heavy atom. The molecule has 34 heavy (non-hydrogen) atoms. The van der Waals surface area contributed by atoms with Gasteiger partial charge in [-0.1, -0.05) is 72.0 Å². The van der Waals surface area contributed by atoms with E-state index in [4.69, 9.17) is 9.84 Å². The van der Waals surface area contributed by atoms with Crippen molar-refractivity contribution in [1.29, 1.82) is 0 Å². The fourth-order valence-corrected chi connectivity index (χ4v) is 4.86. The van der Waals surface area contributed by atoms with Gasteiger partial charge in [-0.25, -0.2) is 0 Å². The van der Waals surface area contributed by atoms with Crippen LogP contribution < -0.4 is 4.74 Å². The fourth-order valence-electron chi connectivity index (χ4n) is 4.04. The molecule has 3 aromatic carbocycles. The molecule has 0 fully saturated rings. The maximum absolute atomic E-state index is 5.25. The Hall–Kier alpha value is -4.30. The Morgan fingerprint density at radius 2 is 1.53 bits per heavy atom. The first-order chi connectivity index (χ1) is 16.8. The lowest BCUT2D eigenvalue weighted by molar-refractivity contribution is 0.415. The molecule has 0 spiro atoms. The summed E-state index contributed by atoms with van der Waals surface area (Å²) in [5, 5.41) is 22.2. The molecule has 0 saturated heterocycles. The van der Waals surface area contributed by atoms with Crippen LogP contribution in [0.2, 0.25) is 0 Å². The maximum atomic E-state index is 5.25. The normalized spacial score (nSPS) is 11.4. The van der Waals surface area contributed by atoms with Gasteiger partial charge in [0.2, 0.25) is 4.96 Å². The summed E-state index contributed by atoms with van der Waals surface area (Å²) >= 11 is 1.48. The van der Waals surface area contributed by atoms with E-state index in [1.807, 2.05) is 71.2 Å². The number of aromatic nitrogens is 6. The number of hydrogen-bond acceptors (Lipinski definition) is 6. The molecule has 0 unspecified atom stereocenters. The molecule has 0 radical (unpaired) electrons. The van der Waals surface area contributed by atoms with Crippen molar-refractivity contribution in [2.24, 2.45) is 0 Å². The predicted molar refractivity (Wildman–Crippen MR) is 132 cm³/mol. The van der Waals surface area contributed by atoms with Gasteiger partial charge in [0.15, 0.2) is 10.8 Å². The largest absolute Gasteiger partial charge is 0.497 e. The number of methoxy groups -OCH3 is 1. The predicted octanol–water partition coefficient (Wildman–Crippen LogP) is 5.43. The zero-order chi connectivity index (χ0) is 22.9. The third-order valence-electron chi connectivity index (χ3n) is 5.73. The maximum Gasteiger partial charge on any atom is 0.235 e. The van der Waals surface area contributed by atoms with E-state index in [1.54, 1.807) is 7.11 Å². The first kappa shape index (κ1) is 20.3. The summed E-state index contributed by atoms with van der Waals surface area (Å²) in [7, 11) is 1.66. The molecule has 0 saturated carbocycles. The van der Waals surface area contributed by atoms with Crippen molar-refractivity contribution in [2.45, 2.75) is 5.92 Å². The second-order valence-corrected chi connectivity index (χ2v) is 8.77. The van der Waals surface area contributed by atoms with Crippen molar-refractivity contribution in [3.8, 4) is 27.7 Å². The molecule has 8 heteroatoms. The monoisotopic (exact) mass is 464 g/mol. The van der Waals surface area contributed by atoms with Crippen LogP contribution in [0.3, 0.4) is 0 Å². The van der Waals surface area contributed by atoms with E-state index in [1.165, 1.54) is 11.3 Å². The molecule has 0 aliphatic heterocycles. The Balaban J connectivity index is 1.40. The fraction of sp³-hybridized carbons (Fsp3) is 0.0769. The average Bonchev–Trinajstić information content (AvgIpc) is 3.63. The average molecular weight is 465 g/mol. The van der Waals surface area contributed by atoms with Crippen LogP contribution in [0.15, 0.2) is 91.0 Å². The lowest BCUT2D eigenvalue weighted by atomic mass is 9.91. The van der Waals surface area contributed by atoms with E-state index < -0.39 is 0 Å². The molecule has 6 aromatic rings. The van der Waals surface area contributed by atoms with Crippen molar-refractivity contribution in [3.63, 3.8) is 0 Å². The van der Waals surface area contributed by atoms with E-state index in [0.29, 0.717) is 0 Å². The molecule has 0 aliphatic carbocycles. The Labute approximate surface area is 199 Å². The van der Waals surface area contributed by atoms with Crippen molar-refractivity contribution in [2.75, 3.05) is 7.11 Å². The molecule has 0 amide bonds. The molecule has 166 valence electrons. The van der Waals surface area contributed by atoms with Gasteiger partial charge in [-0.05, 0) is 41.5 Å². The number of aromatic amines is 1. The van der Waals surface area contributed by atoms with Gasteiger partial charge in [0.1, 0.15) is 5.75 Å².